The topological polar surface area (TPSA) is 79.4 Å². The number of aromatic nitrogens is 2. The average molecular weight is 436 g/mol. The maximum Gasteiger partial charge on any atom is 0.248 e. The van der Waals surface area contributed by atoms with E-state index in [0.29, 0.717) is 33.8 Å². The second-order valence-corrected chi connectivity index (χ2v) is 7.68. The number of rotatable bonds is 7. The van der Waals surface area contributed by atoms with Crippen LogP contribution < -0.4 is 15.4 Å². The zero-order valence-electron chi connectivity index (χ0n) is 18.0. The third kappa shape index (κ3) is 5.39. The Balaban J connectivity index is 1.53. The van der Waals surface area contributed by atoms with Crippen molar-refractivity contribution in [2.24, 2.45) is 0 Å². The summed E-state index contributed by atoms with van der Waals surface area (Å²) in [5, 5.41) is 6.76. The van der Waals surface area contributed by atoms with Gasteiger partial charge in [-0.05, 0) is 56.3 Å². The van der Waals surface area contributed by atoms with Gasteiger partial charge in [0.2, 0.25) is 5.91 Å². The lowest BCUT2D eigenvalue weighted by Gasteiger charge is -2.24. The van der Waals surface area contributed by atoms with Gasteiger partial charge in [-0.2, -0.15) is 0 Å². The number of hydrogen-bond acceptors (Lipinski definition) is 6. The van der Waals surface area contributed by atoms with Crippen LogP contribution in [0.2, 0.25) is 0 Å². The number of likely N-dealkylation sites (tertiary alicyclic amines) is 1. The highest BCUT2D eigenvalue weighted by molar-refractivity contribution is 6.03. The monoisotopic (exact) mass is 435 g/mol. The van der Waals surface area contributed by atoms with E-state index in [1.165, 1.54) is 37.7 Å². The molecule has 0 radical (unpaired) electrons. The fraction of sp³-hybridized carbons (Fsp3) is 0.292. The lowest BCUT2D eigenvalue weighted by molar-refractivity contribution is -0.111. The van der Waals surface area contributed by atoms with Gasteiger partial charge in [0.05, 0.1) is 18.3 Å². The molecule has 2 N–H and O–H groups in total. The molecule has 166 valence electrons. The van der Waals surface area contributed by atoms with E-state index in [-0.39, 0.29) is 11.7 Å². The number of methoxy groups -OCH3 is 1. The van der Waals surface area contributed by atoms with Crippen LogP contribution in [0.1, 0.15) is 19.3 Å². The Morgan fingerprint density at radius 2 is 1.94 bits per heavy atom. The summed E-state index contributed by atoms with van der Waals surface area (Å²) in [6, 6.07) is 9.52. The van der Waals surface area contributed by atoms with E-state index in [9.17, 15) is 9.18 Å². The predicted molar refractivity (Wildman–Crippen MR) is 124 cm³/mol. The number of amides is 1. The smallest absolute Gasteiger partial charge is 0.248 e. The maximum atomic E-state index is 13.2. The highest BCUT2D eigenvalue weighted by Crippen LogP contribution is 2.33. The van der Waals surface area contributed by atoms with Gasteiger partial charge in [0.1, 0.15) is 23.7 Å². The molecule has 7 nitrogen and oxygen atoms in total. The molecular weight excluding hydrogens is 409 g/mol. The molecule has 0 unspecified atom stereocenters. The second-order valence-electron chi connectivity index (χ2n) is 7.68. The lowest BCUT2D eigenvalue weighted by Crippen LogP contribution is -2.29. The molecule has 8 heteroatoms. The molecule has 0 saturated carbocycles. The van der Waals surface area contributed by atoms with E-state index < -0.39 is 0 Å². The lowest BCUT2D eigenvalue weighted by atomic mass is 10.1. The Kier molecular flexibility index (Phi) is 6.91. The van der Waals surface area contributed by atoms with E-state index in [0.717, 1.165) is 19.6 Å². The molecule has 1 saturated heterocycles. The number of nitrogens with one attached hydrogen (secondary N) is 2. The summed E-state index contributed by atoms with van der Waals surface area (Å²) in [6.45, 7) is 2.92. The number of benzene rings is 2. The minimum absolute atomic E-state index is 0.232. The molecule has 1 fully saturated rings. The molecule has 1 aliphatic rings. The van der Waals surface area contributed by atoms with Crippen LogP contribution in [-0.4, -0.2) is 47.5 Å². The van der Waals surface area contributed by atoms with Crippen LogP contribution in [0.3, 0.4) is 0 Å². The third-order valence-electron chi connectivity index (χ3n) is 5.40. The number of anilines is 3. The van der Waals surface area contributed by atoms with E-state index >= 15 is 0 Å². The molecular formula is C24H26FN5O2. The van der Waals surface area contributed by atoms with Gasteiger partial charge in [0, 0.05) is 29.8 Å². The van der Waals surface area contributed by atoms with Crippen molar-refractivity contribution in [1.82, 2.24) is 14.9 Å². The summed E-state index contributed by atoms with van der Waals surface area (Å²) in [5.41, 5.74) is 1.86. The van der Waals surface area contributed by atoms with Gasteiger partial charge in [-0.1, -0.05) is 12.5 Å². The molecule has 2 heterocycles. The van der Waals surface area contributed by atoms with E-state index in [2.05, 4.69) is 25.5 Å². The van der Waals surface area contributed by atoms with Crippen LogP contribution in [0.5, 0.6) is 5.75 Å². The van der Waals surface area contributed by atoms with Crippen molar-refractivity contribution in [2.75, 3.05) is 37.4 Å². The van der Waals surface area contributed by atoms with Crippen molar-refractivity contribution >= 4 is 34.0 Å². The van der Waals surface area contributed by atoms with Gasteiger partial charge in [-0.3, -0.25) is 9.69 Å². The second kappa shape index (κ2) is 10.2. The van der Waals surface area contributed by atoms with Crippen molar-refractivity contribution in [3.05, 3.63) is 60.7 Å². The molecule has 1 amide bonds. The number of halogens is 1. The fourth-order valence-corrected chi connectivity index (χ4v) is 3.75. The third-order valence-corrected chi connectivity index (χ3v) is 5.40. The van der Waals surface area contributed by atoms with Gasteiger partial charge in [0.25, 0.3) is 0 Å². The maximum absolute atomic E-state index is 13.2. The molecule has 0 aliphatic carbocycles. The number of ether oxygens (including phenoxy) is 1. The number of carbonyl (C=O) groups is 1. The van der Waals surface area contributed by atoms with Crippen LogP contribution >= 0.6 is 0 Å². The first-order valence-electron chi connectivity index (χ1n) is 10.7. The van der Waals surface area contributed by atoms with Crippen LogP contribution in [0.25, 0.3) is 10.9 Å². The first kappa shape index (κ1) is 21.7. The zero-order chi connectivity index (χ0) is 22.3. The van der Waals surface area contributed by atoms with Gasteiger partial charge >= 0.3 is 0 Å². The Bertz CT molecular complexity index is 1110. The highest BCUT2D eigenvalue weighted by Gasteiger charge is 2.13. The molecule has 32 heavy (non-hydrogen) atoms. The quantitative estimate of drug-likeness (QED) is 0.532. The standard InChI is InChI=1S/C24H26FN5O2/c1-32-22-15-20-19(24(27-16-26-20)28-18-9-7-17(25)8-10-18)14-21(22)29-23(31)6-5-13-30-11-3-2-4-12-30/h5-10,14-16H,2-4,11-13H2,1H3,(H,29,31)(H,26,27,28)/b6-5+. The van der Waals surface area contributed by atoms with E-state index in [1.807, 2.05) is 6.08 Å². The number of hydrogen-bond donors (Lipinski definition) is 2. The van der Waals surface area contributed by atoms with Crippen molar-refractivity contribution in [3.63, 3.8) is 0 Å². The highest BCUT2D eigenvalue weighted by atomic mass is 19.1. The van der Waals surface area contributed by atoms with Crippen molar-refractivity contribution < 1.29 is 13.9 Å². The van der Waals surface area contributed by atoms with Crippen LogP contribution in [-0.2, 0) is 4.79 Å². The molecule has 2 aromatic carbocycles. The SMILES string of the molecule is COc1cc2ncnc(Nc3ccc(F)cc3)c2cc1NC(=O)/C=C/CN1CCCCC1. The van der Waals surface area contributed by atoms with Gasteiger partial charge in [-0.25, -0.2) is 14.4 Å². The summed E-state index contributed by atoms with van der Waals surface area (Å²) in [5.74, 6) is 0.498. The number of piperidine rings is 1. The minimum atomic E-state index is -0.314. The van der Waals surface area contributed by atoms with Gasteiger partial charge in [-0.15, -0.1) is 0 Å². The van der Waals surface area contributed by atoms with Crippen molar-refractivity contribution in [3.8, 4) is 5.75 Å². The first-order valence-corrected chi connectivity index (χ1v) is 10.7. The van der Waals surface area contributed by atoms with Crippen LogP contribution in [0.15, 0.2) is 54.9 Å². The molecule has 0 bridgehead atoms. The molecule has 1 aliphatic heterocycles. The number of nitrogens with zero attached hydrogens (tertiary/aromatic N) is 3. The van der Waals surface area contributed by atoms with Gasteiger partial charge in [0.15, 0.2) is 0 Å². The number of fused-ring (bicyclic) bond motifs is 1. The Morgan fingerprint density at radius 3 is 2.69 bits per heavy atom. The van der Waals surface area contributed by atoms with Crippen molar-refractivity contribution in [2.45, 2.75) is 19.3 Å². The largest absolute Gasteiger partial charge is 0.494 e. The normalized spacial score (nSPS) is 14.6. The Labute approximate surface area is 186 Å². The van der Waals surface area contributed by atoms with E-state index in [1.54, 1.807) is 37.5 Å². The molecule has 0 atom stereocenters. The van der Waals surface area contributed by atoms with E-state index in [4.69, 9.17) is 4.74 Å². The predicted octanol–water partition coefficient (Wildman–Crippen LogP) is 4.50. The molecule has 1 aromatic heterocycles. The summed E-state index contributed by atoms with van der Waals surface area (Å²) >= 11 is 0. The molecule has 0 spiro atoms. The Hall–Kier alpha value is -3.52. The average Bonchev–Trinajstić information content (AvgIpc) is 2.81. The molecule has 4 rings (SSSR count). The zero-order valence-corrected chi connectivity index (χ0v) is 18.0. The Morgan fingerprint density at radius 1 is 1.16 bits per heavy atom. The van der Waals surface area contributed by atoms with Crippen LogP contribution in [0.4, 0.5) is 21.6 Å². The summed E-state index contributed by atoms with van der Waals surface area (Å²) in [4.78, 5) is 23.5. The summed E-state index contributed by atoms with van der Waals surface area (Å²) < 4.78 is 18.7. The summed E-state index contributed by atoms with van der Waals surface area (Å²) in [7, 11) is 1.54. The summed E-state index contributed by atoms with van der Waals surface area (Å²) in [6.07, 6.45) is 8.59. The molecule has 3 aromatic rings. The van der Waals surface area contributed by atoms with Crippen LogP contribution in [0, 0.1) is 5.82 Å². The minimum Gasteiger partial charge on any atom is -0.494 e. The fourth-order valence-electron chi connectivity index (χ4n) is 3.75. The number of carbonyl (C=O) groups excluding carboxylic acids is 1. The van der Waals surface area contributed by atoms with Crippen molar-refractivity contribution in [1.29, 1.82) is 0 Å². The first-order chi connectivity index (χ1) is 15.6. The van der Waals surface area contributed by atoms with Gasteiger partial charge < -0.3 is 15.4 Å².